The molecular formula is C18H30Cl2F2N4O4. The number of amides is 2. The van der Waals surface area contributed by atoms with Gasteiger partial charge in [-0.2, -0.15) is 0 Å². The Labute approximate surface area is 187 Å². The molecule has 2 amide bonds. The van der Waals surface area contributed by atoms with Gasteiger partial charge in [0.1, 0.15) is 23.8 Å². The zero-order valence-corrected chi connectivity index (χ0v) is 18.7. The molecule has 0 bridgehead atoms. The summed E-state index contributed by atoms with van der Waals surface area (Å²) in [6, 6.07) is 1.72. The Hall–Kier alpha value is -1.27. The quantitative estimate of drug-likeness (QED) is 0.447. The van der Waals surface area contributed by atoms with Crippen molar-refractivity contribution in [3.05, 3.63) is 29.8 Å². The van der Waals surface area contributed by atoms with Crippen molar-refractivity contribution >= 4 is 36.5 Å². The van der Waals surface area contributed by atoms with E-state index < -0.39 is 42.0 Å². The molecule has 0 spiro atoms. The number of carbonyl (C=O) groups is 1. The zero-order chi connectivity index (χ0) is 20.8. The zero-order valence-electron chi connectivity index (χ0n) is 17.0. The number of benzene rings is 1. The Kier molecular flexibility index (Phi) is 12.6. The van der Waals surface area contributed by atoms with Gasteiger partial charge in [-0.15, -0.1) is 24.8 Å². The fourth-order valence-electron chi connectivity index (χ4n) is 3.15. The SMILES string of the molecule is CN(C)CCN(C)[C@@H]1[C@H](O)[C@H](CO)O[C@@H]1CNC(=O)Nc1ccc(F)cc1F.Cl.Cl. The predicted octanol–water partition coefficient (Wildman–Crippen LogP) is 0.913. The lowest BCUT2D eigenvalue weighted by Crippen LogP contribution is -2.51. The summed E-state index contributed by atoms with van der Waals surface area (Å²) in [6.07, 6.45) is -2.24. The van der Waals surface area contributed by atoms with E-state index in [0.717, 1.165) is 18.7 Å². The Morgan fingerprint density at radius 2 is 1.83 bits per heavy atom. The molecule has 0 saturated carbocycles. The van der Waals surface area contributed by atoms with E-state index in [9.17, 15) is 23.8 Å². The molecule has 30 heavy (non-hydrogen) atoms. The molecular weight excluding hydrogens is 445 g/mol. The van der Waals surface area contributed by atoms with E-state index in [1.54, 1.807) is 0 Å². The second-order valence-corrected chi connectivity index (χ2v) is 7.12. The van der Waals surface area contributed by atoms with Gasteiger partial charge in [-0.25, -0.2) is 13.6 Å². The number of anilines is 1. The summed E-state index contributed by atoms with van der Waals surface area (Å²) in [4.78, 5) is 16.0. The molecule has 1 saturated heterocycles. The smallest absolute Gasteiger partial charge is 0.319 e. The van der Waals surface area contributed by atoms with Crippen molar-refractivity contribution in [1.29, 1.82) is 0 Å². The third-order valence-corrected chi connectivity index (χ3v) is 4.69. The molecule has 1 aliphatic heterocycles. The maximum Gasteiger partial charge on any atom is 0.319 e. The van der Waals surface area contributed by atoms with E-state index in [1.807, 2.05) is 30.9 Å². The van der Waals surface area contributed by atoms with Crippen LogP contribution < -0.4 is 10.6 Å². The molecule has 0 aliphatic carbocycles. The molecule has 174 valence electrons. The van der Waals surface area contributed by atoms with E-state index in [1.165, 1.54) is 0 Å². The van der Waals surface area contributed by atoms with Gasteiger partial charge in [-0.1, -0.05) is 0 Å². The van der Waals surface area contributed by atoms with E-state index in [-0.39, 0.29) is 43.7 Å². The molecule has 0 radical (unpaired) electrons. The van der Waals surface area contributed by atoms with Gasteiger partial charge in [-0.05, 0) is 33.3 Å². The summed E-state index contributed by atoms with van der Waals surface area (Å²) in [7, 11) is 5.70. The Morgan fingerprint density at radius 1 is 1.17 bits per heavy atom. The minimum Gasteiger partial charge on any atom is -0.394 e. The lowest BCUT2D eigenvalue weighted by atomic mass is 10.0. The highest BCUT2D eigenvalue weighted by Gasteiger charge is 2.45. The molecule has 0 unspecified atom stereocenters. The molecule has 1 heterocycles. The first-order valence-electron chi connectivity index (χ1n) is 9.02. The minimum absolute atomic E-state index is 0. The molecule has 0 aromatic heterocycles. The van der Waals surface area contributed by atoms with Crippen LogP contribution in [0.15, 0.2) is 18.2 Å². The van der Waals surface area contributed by atoms with Crippen molar-refractivity contribution in [3.8, 4) is 0 Å². The monoisotopic (exact) mass is 474 g/mol. The number of hydrogen-bond donors (Lipinski definition) is 4. The number of nitrogens with zero attached hydrogens (tertiary/aromatic N) is 2. The van der Waals surface area contributed by atoms with Gasteiger partial charge in [-0.3, -0.25) is 4.90 Å². The summed E-state index contributed by atoms with van der Waals surface area (Å²) < 4.78 is 32.3. The van der Waals surface area contributed by atoms with E-state index in [4.69, 9.17) is 4.74 Å². The Morgan fingerprint density at radius 3 is 2.40 bits per heavy atom. The topological polar surface area (TPSA) is 97.3 Å². The van der Waals surface area contributed by atoms with Crippen molar-refractivity contribution < 1.29 is 28.5 Å². The number of nitrogens with one attached hydrogen (secondary N) is 2. The van der Waals surface area contributed by atoms with Crippen molar-refractivity contribution in [2.45, 2.75) is 24.4 Å². The van der Waals surface area contributed by atoms with Crippen LogP contribution in [0.4, 0.5) is 19.3 Å². The molecule has 1 fully saturated rings. The highest BCUT2D eigenvalue weighted by Crippen LogP contribution is 2.25. The molecule has 4 N–H and O–H groups in total. The lowest BCUT2D eigenvalue weighted by Gasteiger charge is -2.31. The van der Waals surface area contributed by atoms with Crippen molar-refractivity contribution in [2.24, 2.45) is 0 Å². The predicted molar refractivity (Wildman–Crippen MR) is 115 cm³/mol. The van der Waals surface area contributed by atoms with Crippen LogP contribution in [0.1, 0.15) is 0 Å². The highest BCUT2D eigenvalue weighted by molar-refractivity contribution is 5.89. The second-order valence-electron chi connectivity index (χ2n) is 7.12. The van der Waals surface area contributed by atoms with Crippen LogP contribution in [0.25, 0.3) is 0 Å². The fourth-order valence-corrected chi connectivity index (χ4v) is 3.15. The summed E-state index contributed by atoms with van der Waals surface area (Å²) >= 11 is 0. The van der Waals surface area contributed by atoms with Crippen LogP contribution in [0, 0.1) is 11.6 Å². The summed E-state index contributed by atoms with van der Waals surface area (Å²) in [6.45, 7) is 1.11. The van der Waals surface area contributed by atoms with Crippen LogP contribution >= 0.6 is 24.8 Å². The van der Waals surface area contributed by atoms with Crippen LogP contribution in [0.5, 0.6) is 0 Å². The molecule has 1 aromatic rings. The Balaban J connectivity index is 0.00000420. The molecule has 1 aliphatic rings. The van der Waals surface area contributed by atoms with Crippen molar-refractivity contribution in [3.63, 3.8) is 0 Å². The third kappa shape index (κ3) is 7.77. The summed E-state index contributed by atoms with van der Waals surface area (Å²) in [5.74, 6) is -1.63. The molecule has 2 rings (SSSR count). The number of halogens is 4. The normalized spacial score (nSPS) is 23.1. The van der Waals surface area contributed by atoms with Crippen LogP contribution in [0.2, 0.25) is 0 Å². The largest absolute Gasteiger partial charge is 0.394 e. The first kappa shape index (κ1) is 28.7. The number of hydrogen-bond acceptors (Lipinski definition) is 6. The van der Waals surface area contributed by atoms with Crippen molar-refractivity contribution in [2.75, 3.05) is 52.7 Å². The van der Waals surface area contributed by atoms with Crippen LogP contribution in [-0.4, -0.2) is 97.8 Å². The Bertz CT molecular complexity index is 675. The van der Waals surface area contributed by atoms with Gasteiger partial charge in [0.05, 0.1) is 24.4 Å². The maximum absolute atomic E-state index is 13.6. The third-order valence-electron chi connectivity index (χ3n) is 4.69. The summed E-state index contributed by atoms with van der Waals surface area (Å²) in [5, 5.41) is 24.7. The molecule has 12 heteroatoms. The van der Waals surface area contributed by atoms with E-state index in [0.29, 0.717) is 12.6 Å². The standard InChI is InChI=1S/C18H28F2N4O4.2ClH/c1-23(2)6-7-24(3)16-14(28-15(10-25)17(16)26)9-21-18(27)22-13-5-4-11(19)8-12(13)20;;/h4-5,8,14-17,25-26H,6-7,9-10H2,1-3H3,(H2,21,22,27);2*1H/t14-,15+,16+,17-;;/m1../s1. The number of likely N-dealkylation sites (N-methyl/N-ethyl adjacent to an activating group) is 2. The minimum atomic E-state index is -0.915. The average Bonchev–Trinajstić information content (AvgIpc) is 2.96. The molecule has 1 aromatic carbocycles. The van der Waals surface area contributed by atoms with Gasteiger partial charge in [0.2, 0.25) is 0 Å². The highest BCUT2D eigenvalue weighted by atomic mass is 35.5. The van der Waals surface area contributed by atoms with Crippen LogP contribution in [-0.2, 0) is 4.74 Å². The van der Waals surface area contributed by atoms with Gasteiger partial charge in [0.25, 0.3) is 0 Å². The summed E-state index contributed by atoms with van der Waals surface area (Å²) in [5.41, 5.74) is -0.154. The number of rotatable bonds is 8. The molecule has 4 atom stereocenters. The van der Waals surface area contributed by atoms with Crippen LogP contribution in [0.3, 0.4) is 0 Å². The van der Waals surface area contributed by atoms with Gasteiger partial charge < -0.3 is 30.5 Å². The number of carbonyl (C=O) groups excluding carboxylic acids is 1. The molecule has 8 nitrogen and oxygen atoms in total. The fraction of sp³-hybridized carbons (Fsp3) is 0.611. The van der Waals surface area contributed by atoms with Gasteiger partial charge in [0, 0.05) is 25.7 Å². The maximum atomic E-state index is 13.6. The average molecular weight is 475 g/mol. The van der Waals surface area contributed by atoms with E-state index in [2.05, 4.69) is 10.6 Å². The first-order chi connectivity index (χ1) is 13.2. The second kappa shape index (κ2) is 13.2. The van der Waals surface area contributed by atoms with Gasteiger partial charge in [0.15, 0.2) is 0 Å². The number of aliphatic hydroxyl groups is 2. The van der Waals surface area contributed by atoms with Gasteiger partial charge >= 0.3 is 6.03 Å². The first-order valence-corrected chi connectivity index (χ1v) is 9.02. The van der Waals surface area contributed by atoms with E-state index >= 15 is 0 Å². The number of aliphatic hydroxyl groups excluding tert-OH is 2. The number of ether oxygens (including phenoxy) is 1. The van der Waals surface area contributed by atoms with Crippen molar-refractivity contribution in [1.82, 2.24) is 15.1 Å². The lowest BCUT2D eigenvalue weighted by molar-refractivity contribution is -0.0205. The number of urea groups is 1.